The second kappa shape index (κ2) is 9.71. The van der Waals surface area contributed by atoms with Gasteiger partial charge in [-0.25, -0.2) is 9.48 Å². The SMILES string of the molecule is CC(C)(C)c1ccc(=O)n(CCN2CCCCC2CNC(=O)N2CCOCC2)n1. The lowest BCUT2D eigenvalue weighted by Crippen LogP contribution is -2.52. The largest absolute Gasteiger partial charge is 0.378 e. The van der Waals surface area contributed by atoms with Gasteiger partial charge in [0, 0.05) is 43.7 Å². The van der Waals surface area contributed by atoms with Crippen molar-refractivity contribution >= 4 is 6.03 Å². The van der Waals surface area contributed by atoms with Crippen LogP contribution >= 0.6 is 0 Å². The minimum Gasteiger partial charge on any atom is -0.378 e. The number of carbonyl (C=O) groups excluding carboxylic acids is 1. The summed E-state index contributed by atoms with van der Waals surface area (Å²) in [6.07, 6.45) is 3.39. The van der Waals surface area contributed by atoms with Gasteiger partial charge in [-0.05, 0) is 25.5 Å². The maximum absolute atomic E-state index is 12.4. The second-order valence-corrected chi connectivity index (χ2v) is 9.00. The van der Waals surface area contributed by atoms with Crippen LogP contribution in [-0.4, -0.2) is 77.6 Å². The standard InChI is InChI=1S/C21H35N5O3/c1-21(2,3)18-7-8-19(27)26(23-18)11-10-24-9-5-4-6-17(24)16-22-20(28)25-12-14-29-15-13-25/h7-8,17H,4-6,9-16H2,1-3H3,(H,22,28). The van der Waals surface area contributed by atoms with E-state index in [0.29, 0.717) is 45.4 Å². The lowest BCUT2D eigenvalue weighted by Gasteiger charge is -2.36. The summed E-state index contributed by atoms with van der Waals surface area (Å²) in [5, 5.41) is 7.67. The van der Waals surface area contributed by atoms with E-state index in [4.69, 9.17) is 4.74 Å². The summed E-state index contributed by atoms with van der Waals surface area (Å²) < 4.78 is 6.89. The first-order valence-electron chi connectivity index (χ1n) is 10.8. The lowest BCUT2D eigenvalue weighted by molar-refractivity contribution is 0.0521. The van der Waals surface area contributed by atoms with Crippen LogP contribution in [0.5, 0.6) is 0 Å². The molecule has 8 nitrogen and oxygen atoms in total. The average molecular weight is 406 g/mol. The van der Waals surface area contributed by atoms with Gasteiger partial charge in [-0.1, -0.05) is 27.2 Å². The molecular weight excluding hydrogens is 370 g/mol. The molecule has 0 radical (unpaired) electrons. The summed E-state index contributed by atoms with van der Waals surface area (Å²) >= 11 is 0. The highest BCUT2D eigenvalue weighted by Crippen LogP contribution is 2.19. The maximum Gasteiger partial charge on any atom is 0.317 e. The Morgan fingerprint density at radius 1 is 1.17 bits per heavy atom. The molecule has 0 saturated carbocycles. The number of piperidine rings is 1. The molecule has 1 aromatic rings. The summed E-state index contributed by atoms with van der Waals surface area (Å²) in [7, 11) is 0. The number of nitrogens with one attached hydrogen (secondary N) is 1. The smallest absolute Gasteiger partial charge is 0.317 e. The number of aromatic nitrogens is 2. The number of hydrogen-bond acceptors (Lipinski definition) is 5. The first-order chi connectivity index (χ1) is 13.8. The van der Waals surface area contributed by atoms with Gasteiger partial charge in [0.05, 0.1) is 25.5 Å². The molecule has 2 saturated heterocycles. The number of likely N-dealkylation sites (tertiary alicyclic amines) is 1. The highest BCUT2D eigenvalue weighted by atomic mass is 16.5. The zero-order chi connectivity index (χ0) is 20.9. The molecule has 1 unspecified atom stereocenters. The van der Waals surface area contributed by atoms with Crippen LogP contribution in [0.3, 0.4) is 0 Å². The summed E-state index contributed by atoms with van der Waals surface area (Å²) in [4.78, 5) is 28.8. The van der Waals surface area contributed by atoms with Gasteiger partial charge in [0.1, 0.15) is 0 Å². The molecule has 0 aromatic carbocycles. The fraction of sp³-hybridized carbons (Fsp3) is 0.762. The van der Waals surface area contributed by atoms with E-state index in [-0.39, 0.29) is 17.0 Å². The van der Waals surface area contributed by atoms with Crippen molar-refractivity contribution < 1.29 is 9.53 Å². The van der Waals surface area contributed by atoms with Gasteiger partial charge in [-0.3, -0.25) is 9.69 Å². The molecule has 0 aliphatic carbocycles. The van der Waals surface area contributed by atoms with Crippen LogP contribution < -0.4 is 10.9 Å². The number of amides is 2. The number of carbonyl (C=O) groups is 1. The first-order valence-corrected chi connectivity index (χ1v) is 10.8. The first kappa shape index (κ1) is 21.8. The monoisotopic (exact) mass is 405 g/mol. The van der Waals surface area contributed by atoms with Gasteiger partial charge in [0.25, 0.3) is 5.56 Å². The van der Waals surface area contributed by atoms with Crippen LogP contribution in [0.15, 0.2) is 16.9 Å². The van der Waals surface area contributed by atoms with Crippen molar-refractivity contribution in [1.82, 2.24) is 24.9 Å². The van der Waals surface area contributed by atoms with Crippen molar-refractivity contribution in [2.24, 2.45) is 0 Å². The van der Waals surface area contributed by atoms with Gasteiger partial charge in [0.2, 0.25) is 0 Å². The van der Waals surface area contributed by atoms with E-state index < -0.39 is 0 Å². The Morgan fingerprint density at radius 2 is 1.93 bits per heavy atom. The van der Waals surface area contributed by atoms with Crippen LogP contribution in [0.25, 0.3) is 0 Å². The Bertz CT molecular complexity index is 737. The molecule has 3 heterocycles. The molecule has 1 N–H and O–H groups in total. The molecule has 3 rings (SSSR count). The van der Waals surface area contributed by atoms with Crippen LogP contribution in [0, 0.1) is 0 Å². The predicted octanol–water partition coefficient (Wildman–Crippen LogP) is 1.44. The molecule has 0 bridgehead atoms. The van der Waals surface area contributed by atoms with Crippen LogP contribution in [0.2, 0.25) is 0 Å². The van der Waals surface area contributed by atoms with Gasteiger partial charge < -0.3 is 15.0 Å². The molecule has 2 fully saturated rings. The number of urea groups is 1. The molecular formula is C21H35N5O3. The van der Waals surface area contributed by atoms with Crippen molar-refractivity contribution in [2.75, 3.05) is 45.9 Å². The van der Waals surface area contributed by atoms with Crippen LogP contribution in [0.1, 0.15) is 45.7 Å². The van der Waals surface area contributed by atoms with E-state index >= 15 is 0 Å². The normalized spacial score (nSPS) is 21.2. The quantitative estimate of drug-likeness (QED) is 0.802. The maximum atomic E-state index is 12.4. The number of morpholine rings is 1. The topological polar surface area (TPSA) is 79.7 Å². The minimum absolute atomic E-state index is 0.00501. The summed E-state index contributed by atoms with van der Waals surface area (Å²) in [5.74, 6) is 0. The van der Waals surface area contributed by atoms with E-state index in [1.54, 1.807) is 10.7 Å². The van der Waals surface area contributed by atoms with E-state index in [1.165, 1.54) is 6.42 Å². The number of nitrogens with zero attached hydrogens (tertiary/aromatic N) is 4. The minimum atomic E-state index is -0.0904. The van der Waals surface area contributed by atoms with E-state index in [0.717, 1.165) is 31.6 Å². The molecule has 0 spiro atoms. The predicted molar refractivity (Wildman–Crippen MR) is 112 cm³/mol. The molecule has 8 heteroatoms. The van der Waals surface area contributed by atoms with Crippen molar-refractivity contribution in [1.29, 1.82) is 0 Å². The zero-order valence-corrected chi connectivity index (χ0v) is 18.0. The molecule has 2 aliphatic heterocycles. The van der Waals surface area contributed by atoms with Crippen molar-refractivity contribution in [3.8, 4) is 0 Å². The molecule has 29 heavy (non-hydrogen) atoms. The van der Waals surface area contributed by atoms with Gasteiger partial charge in [-0.15, -0.1) is 0 Å². The van der Waals surface area contributed by atoms with E-state index in [9.17, 15) is 9.59 Å². The van der Waals surface area contributed by atoms with E-state index in [1.807, 2.05) is 11.0 Å². The number of hydrogen-bond donors (Lipinski definition) is 1. The summed E-state index contributed by atoms with van der Waals surface area (Å²) in [5.41, 5.74) is 0.768. The van der Waals surface area contributed by atoms with Gasteiger partial charge in [0.15, 0.2) is 0 Å². The highest BCUT2D eigenvalue weighted by molar-refractivity contribution is 5.74. The lowest BCUT2D eigenvalue weighted by atomic mass is 9.92. The Kier molecular flexibility index (Phi) is 7.29. The van der Waals surface area contributed by atoms with Crippen LogP contribution in [0.4, 0.5) is 4.79 Å². The fourth-order valence-corrected chi connectivity index (χ4v) is 3.90. The zero-order valence-electron chi connectivity index (χ0n) is 18.0. The molecule has 2 aliphatic rings. The van der Waals surface area contributed by atoms with Gasteiger partial charge in [-0.2, -0.15) is 5.10 Å². The third-order valence-electron chi connectivity index (χ3n) is 5.77. The third kappa shape index (κ3) is 6.02. The Labute approximate surface area is 173 Å². The summed E-state index contributed by atoms with van der Waals surface area (Å²) in [6, 6.07) is 3.73. The summed E-state index contributed by atoms with van der Waals surface area (Å²) in [6.45, 7) is 11.8. The Morgan fingerprint density at radius 3 is 2.66 bits per heavy atom. The molecule has 2 amide bonds. The molecule has 162 valence electrons. The van der Waals surface area contributed by atoms with Crippen molar-refractivity contribution in [3.05, 3.63) is 28.2 Å². The Hall–Kier alpha value is -1.93. The van der Waals surface area contributed by atoms with Crippen molar-refractivity contribution in [2.45, 2.75) is 58.0 Å². The second-order valence-electron chi connectivity index (χ2n) is 9.00. The van der Waals surface area contributed by atoms with Crippen LogP contribution in [-0.2, 0) is 16.7 Å². The molecule has 1 atom stereocenters. The average Bonchev–Trinajstić information content (AvgIpc) is 2.71. The van der Waals surface area contributed by atoms with E-state index in [2.05, 4.69) is 36.1 Å². The Balaban J connectivity index is 1.56. The number of rotatable bonds is 5. The van der Waals surface area contributed by atoms with Crippen molar-refractivity contribution in [3.63, 3.8) is 0 Å². The molecule has 1 aromatic heterocycles. The highest BCUT2D eigenvalue weighted by Gasteiger charge is 2.25. The van der Waals surface area contributed by atoms with Gasteiger partial charge >= 0.3 is 6.03 Å². The fourth-order valence-electron chi connectivity index (χ4n) is 3.90. The number of ether oxygens (including phenoxy) is 1. The third-order valence-corrected chi connectivity index (χ3v) is 5.77.